The number of hydrogen-bond donors (Lipinski definition) is 1. The van der Waals surface area contributed by atoms with Crippen molar-refractivity contribution in [2.75, 3.05) is 13.6 Å². The van der Waals surface area contributed by atoms with Gasteiger partial charge < -0.3 is 14.6 Å². The Morgan fingerprint density at radius 2 is 2.11 bits per heavy atom. The highest BCUT2D eigenvalue weighted by Gasteiger charge is 2.14. The standard InChI is InChI=1S/C13H20N2O3/c1-3-4-5-8-14(2)12(16)10-15-9-6-7-11(15)13(17)18/h6-7,9H,3-5,8,10H2,1-2H3,(H,17,18). The maximum atomic E-state index is 11.9. The van der Waals surface area contributed by atoms with Crippen LogP contribution in [0, 0.1) is 0 Å². The number of carbonyl (C=O) groups is 2. The summed E-state index contributed by atoms with van der Waals surface area (Å²) in [5, 5.41) is 8.93. The van der Waals surface area contributed by atoms with Crippen LogP contribution >= 0.6 is 0 Å². The number of rotatable bonds is 7. The van der Waals surface area contributed by atoms with Crippen LogP contribution in [0.4, 0.5) is 0 Å². The molecule has 1 amide bonds. The van der Waals surface area contributed by atoms with Gasteiger partial charge >= 0.3 is 5.97 Å². The highest BCUT2D eigenvalue weighted by Crippen LogP contribution is 2.04. The molecule has 0 saturated heterocycles. The van der Waals surface area contributed by atoms with E-state index in [1.807, 2.05) is 0 Å². The van der Waals surface area contributed by atoms with Gasteiger partial charge in [0.25, 0.3) is 0 Å². The lowest BCUT2D eigenvalue weighted by atomic mass is 10.2. The Bertz CT molecular complexity index is 412. The smallest absolute Gasteiger partial charge is 0.352 e. The van der Waals surface area contributed by atoms with Gasteiger partial charge in [-0.25, -0.2) is 4.79 Å². The van der Waals surface area contributed by atoms with Crippen molar-refractivity contribution in [3.05, 3.63) is 24.0 Å². The van der Waals surface area contributed by atoms with Gasteiger partial charge in [-0.3, -0.25) is 4.79 Å². The molecule has 18 heavy (non-hydrogen) atoms. The number of hydrogen-bond acceptors (Lipinski definition) is 2. The first kappa shape index (κ1) is 14.3. The quantitative estimate of drug-likeness (QED) is 0.753. The number of carbonyl (C=O) groups excluding carboxylic acids is 1. The molecule has 0 saturated carbocycles. The van der Waals surface area contributed by atoms with Crippen LogP contribution in [0.3, 0.4) is 0 Å². The van der Waals surface area contributed by atoms with Crippen molar-refractivity contribution in [2.45, 2.75) is 32.7 Å². The fourth-order valence-corrected chi connectivity index (χ4v) is 1.74. The van der Waals surface area contributed by atoms with Gasteiger partial charge in [0.15, 0.2) is 0 Å². The minimum atomic E-state index is -1.01. The second kappa shape index (κ2) is 6.83. The zero-order valence-electron chi connectivity index (χ0n) is 10.9. The second-order valence-corrected chi connectivity index (χ2v) is 4.35. The van der Waals surface area contributed by atoms with Crippen LogP contribution < -0.4 is 0 Å². The molecule has 1 rings (SSSR count). The van der Waals surface area contributed by atoms with E-state index < -0.39 is 5.97 Å². The van der Waals surface area contributed by atoms with Crippen LogP contribution in [-0.2, 0) is 11.3 Å². The molecule has 0 aliphatic carbocycles. The molecule has 0 aromatic carbocycles. The Balaban J connectivity index is 2.53. The lowest BCUT2D eigenvalue weighted by molar-refractivity contribution is -0.130. The van der Waals surface area contributed by atoms with E-state index >= 15 is 0 Å². The minimum absolute atomic E-state index is 0.0650. The molecular formula is C13H20N2O3. The third kappa shape index (κ3) is 3.91. The van der Waals surface area contributed by atoms with Gasteiger partial charge in [0, 0.05) is 19.8 Å². The van der Waals surface area contributed by atoms with Crippen molar-refractivity contribution >= 4 is 11.9 Å². The Morgan fingerprint density at radius 1 is 1.39 bits per heavy atom. The van der Waals surface area contributed by atoms with Crippen molar-refractivity contribution < 1.29 is 14.7 Å². The van der Waals surface area contributed by atoms with E-state index in [0.29, 0.717) is 0 Å². The summed E-state index contributed by atoms with van der Waals surface area (Å²) in [6.07, 6.45) is 4.81. The van der Waals surface area contributed by atoms with E-state index in [-0.39, 0.29) is 18.1 Å². The number of likely N-dealkylation sites (N-methyl/N-ethyl adjacent to an activating group) is 1. The third-order valence-corrected chi connectivity index (χ3v) is 2.88. The van der Waals surface area contributed by atoms with Crippen LogP contribution in [0.5, 0.6) is 0 Å². The van der Waals surface area contributed by atoms with Crippen LogP contribution in [0.15, 0.2) is 18.3 Å². The number of carboxylic acid groups (broad SMARTS) is 1. The number of aromatic carboxylic acids is 1. The average Bonchev–Trinajstić information content (AvgIpc) is 2.77. The van der Waals surface area contributed by atoms with E-state index in [4.69, 9.17) is 5.11 Å². The SMILES string of the molecule is CCCCCN(C)C(=O)Cn1cccc1C(=O)O. The molecule has 5 heteroatoms. The maximum Gasteiger partial charge on any atom is 0.352 e. The van der Waals surface area contributed by atoms with Gasteiger partial charge in [-0.15, -0.1) is 0 Å². The zero-order valence-corrected chi connectivity index (χ0v) is 10.9. The van der Waals surface area contributed by atoms with Crippen LogP contribution in [0.25, 0.3) is 0 Å². The highest BCUT2D eigenvalue weighted by atomic mass is 16.4. The van der Waals surface area contributed by atoms with Crippen LogP contribution in [0.1, 0.15) is 36.7 Å². The largest absolute Gasteiger partial charge is 0.477 e. The molecule has 1 aromatic heterocycles. The topological polar surface area (TPSA) is 62.5 Å². The second-order valence-electron chi connectivity index (χ2n) is 4.35. The lowest BCUT2D eigenvalue weighted by Gasteiger charge is -2.17. The van der Waals surface area contributed by atoms with E-state index in [1.54, 1.807) is 24.2 Å². The molecule has 0 radical (unpaired) electrons. The molecule has 1 aromatic rings. The van der Waals surface area contributed by atoms with E-state index in [9.17, 15) is 9.59 Å². The first-order chi connectivity index (χ1) is 8.56. The summed E-state index contributed by atoms with van der Waals surface area (Å²) < 4.78 is 1.46. The highest BCUT2D eigenvalue weighted by molar-refractivity contribution is 5.86. The van der Waals surface area contributed by atoms with Gasteiger partial charge in [-0.1, -0.05) is 19.8 Å². The van der Waals surface area contributed by atoms with Crippen molar-refractivity contribution in [2.24, 2.45) is 0 Å². The molecule has 0 fully saturated rings. The van der Waals surface area contributed by atoms with Crippen molar-refractivity contribution in [1.82, 2.24) is 9.47 Å². The molecular weight excluding hydrogens is 232 g/mol. The van der Waals surface area contributed by atoms with Crippen molar-refractivity contribution in [1.29, 1.82) is 0 Å². The normalized spacial score (nSPS) is 10.3. The molecule has 5 nitrogen and oxygen atoms in total. The van der Waals surface area contributed by atoms with Crippen LogP contribution in [-0.4, -0.2) is 40.0 Å². The summed E-state index contributed by atoms with van der Waals surface area (Å²) in [7, 11) is 1.75. The van der Waals surface area contributed by atoms with E-state index in [0.717, 1.165) is 25.8 Å². The predicted molar refractivity (Wildman–Crippen MR) is 68.6 cm³/mol. The Kier molecular flexibility index (Phi) is 5.42. The Labute approximate surface area is 107 Å². The fourth-order valence-electron chi connectivity index (χ4n) is 1.74. The van der Waals surface area contributed by atoms with Gasteiger partial charge in [-0.2, -0.15) is 0 Å². The monoisotopic (exact) mass is 252 g/mol. The average molecular weight is 252 g/mol. The number of nitrogens with zero attached hydrogens (tertiary/aromatic N) is 2. The molecule has 1 heterocycles. The van der Waals surface area contributed by atoms with Gasteiger partial charge in [-0.05, 0) is 18.6 Å². The number of unbranched alkanes of at least 4 members (excludes halogenated alkanes) is 2. The summed E-state index contributed by atoms with van der Waals surface area (Å²) in [6.45, 7) is 2.91. The van der Waals surface area contributed by atoms with E-state index in [2.05, 4.69) is 6.92 Å². The van der Waals surface area contributed by atoms with Gasteiger partial charge in [0.2, 0.25) is 5.91 Å². The summed E-state index contributed by atoms with van der Waals surface area (Å²) >= 11 is 0. The van der Waals surface area contributed by atoms with Gasteiger partial charge in [0.1, 0.15) is 12.2 Å². The number of carboxylic acids is 1. The first-order valence-electron chi connectivity index (χ1n) is 6.18. The number of amides is 1. The molecule has 1 N–H and O–H groups in total. The lowest BCUT2D eigenvalue weighted by Crippen LogP contribution is -2.31. The van der Waals surface area contributed by atoms with Crippen LogP contribution in [0.2, 0.25) is 0 Å². The maximum absolute atomic E-state index is 11.9. The molecule has 0 unspecified atom stereocenters. The zero-order chi connectivity index (χ0) is 13.5. The number of aromatic nitrogens is 1. The molecule has 100 valence electrons. The van der Waals surface area contributed by atoms with Gasteiger partial charge in [0.05, 0.1) is 0 Å². The summed E-state index contributed by atoms with van der Waals surface area (Å²) in [4.78, 5) is 24.4. The minimum Gasteiger partial charge on any atom is -0.477 e. The molecule has 0 bridgehead atoms. The fraction of sp³-hybridized carbons (Fsp3) is 0.538. The predicted octanol–water partition coefficient (Wildman–Crippen LogP) is 1.83. The first-order valence-corrected chi connectivity index (χ1v) is 6.18. The molecule has 0 atom stereocenters. The Morgan fingerprint density at radius 3 is 2.72 bits per heavy atom. The molecule has 0 aliphatic rings. The summed E-state index contributed by atoms with van der Waals surface area (Å²) in [5.74, 6) is -1.08. The molecule has 0 spiro atoms. The summed E-state index contributed by atoms with van der Waals surface area (Å²) in [5.41, 5.74) is 0.144. The van der Waals surface area contributed by atoms with Crippen molar-refractivity contribution in [3.8, 4) is 0 Å². The molecule has 0 aliphatic heterocycles. The third-order valence-electron chi connectivity index (χ3n) is 2.88. The summed E-state index contributed by atoms with van der Waals surface area (Å²) in [6, 6.07) is 3.13. The van der Waals surface area contributed by atoms with Crippen molar-refractivity contribution in [3.63, 3.8) is 0 Å². The Hall–Kier alpha value is -1.78. The van der Waals surface area contributed by atoms with E-state index in [1.165, 1.54) is 10.6 Å².